The molecule has 0 fully saturated rings. The molecule has 1 rings (SSSR count). The van der Waals surface area contributed by atoms with Crippen molar-refractivity contribution < 1.29 is 4.74 Å². The Balaban J connectivity index is 3.27. The van der Waals surface area contributed by atoms with Gasteiger partial charge >= 0.3 is 5.82 Å². The second-order valence-corrected chi connectivity index (χ2v) is 1.93. The summed E-state index contributed by atoms with van der Waals surface area (Å²) < 4.78 is 4.93. The standard InChI is InChI=1S/C7H7N3O/c1-5-6(11-3)7(8-2)10-4-9-5/h4H,1,3H3. The smallest absolute Gasteiger partial charge is 0.315 e. The molecule has 0 aliphatic rings. The van der Waals surface area contributed by atoms with Gasteiger partial charge in [-0.05, 0) is 6.92 Å². The van der Waals surface area contributed by atoms with Gasteiger partial charge in [-0.3, -0.25) is 0 Å². The van der Waals surface area contributed by atoms with Crippen LogP contribution in [0.25, 0.3) is 4.85 Å². The van der Waals surface area contributed by atoms with Gasteiger partial charge < -0.3 is 9.58 Å². The van der Waals surface area contributed by atoms with Gasteiger partial charge in [0.2, 0.25) is 6.33 Å². The van der Waals surface area contributed by atoms with Gasteiger partial charge in [0.15, 0.2) is 5.75 Å². The predicted octanol–water partition coefficient (Wildman–Crippen LogP) is 1.34. The lowest BCUT2D eigenvalue weighted by atomic mass is 10.4. The summed E-state index contributed by atoms with van der Waals surface area (Å²) in [5.41, 5.74) is 0.688. The molecule has 0 aromatic carbocycles. The van der Waals surface area contributed by atoms with Gasteiger partial charge in [-0.2, -0.15) is 0 Å². The molecule has 1 heterocycles. The molecule has 4 nitrogen and oxygen atoms in total. The summed E-state index contributed by atoms with van der Waals surface area (Å²) >= 11 is 0. The summed E-state index contributed by atoms with van der Waals surface area (Å²) in [7, 11) is 1.50. The molecule has 1 aromatic heterocycles. The molecule has 11 heavy (non-hydrogen) atoms. The molecular weight excluding hydrogens is 142 g/mol. The molecule has 0 aliphatic carbocycles. The first-order chi connectivity index (χ1) is 5.29. The van der Waals surface area contributed by atoms with E-state index in [1.807, 2.05) is 0 Å². The number of aryl methyl sites for hydroxylation is 1. The molecule has 4 heteroatoms. The average molecular weight is 149 g/mol. The van der Waals surface area contributed by atoms with Crippen molar-refractivity contribution in [2.45, 2.75) is 6.92 Å². The molecule has 56 valence electrons. The van der Waals surface area contributed by atoms with Crippen molar-refractivity contribution in [3.63, 3.8) is 0 Å². The lowest BCUT2D eigenvalue weighted by Gasteiger charge is -2.02. The van der Waals surface area contributed by atoms with Crippen LogP contribution >= 0.6 is 0 Å². The first kappa shape index (κ1) is 7.48. The Morgan fingerprint density at radius 3 is 2.73 bits per heavy atom. The van der Waals surface area contributed by atoms with E-state index < -0.39 is 0 Å². The SMILES string of the molecule is [C-]#[N+]c1ncnc(C)c1OC. The summed E-state index contributed by atoms with van der Waals surface area (Å²) in [6.45, 7) is 8.51. The second kappa shape index (κ2) is 2.97. The Morgan fingerprint density at radius 2 is 2.27 bits per heavy atom. The third-order valence-corrected chi connectivity index (χ3v) is 1.27. The largest absolute Gasteiger partial charge is 0.504 e. The van der Waals surface area contributed by atoms with Crippen LogP contribution in [-0.2, 0) is 0 Å². The Morgan fingerprint density at radius 1 is 1.55 bits per heavy atom. The minimum absolute atomic E-state index is 0.264. The van der Waals surface area contributed by atoms with Crippen LogP contribution in [0.3, 0.4) is 0 Å². The number of hydrogen-bond donors (Lipinski definition) is 0. The number of rotatable bonds is 1. The highest BCUT2D eigenvalue weighted by molar-refractivity contribution is 5.52. The van der Waals surface area contributed by atoms with Crippen LogP contribution < -0.4 is 4.74 Å². The fourth-order valence-electron chi connectivity index (χ4n) is 0.768. The van der Waals surface area contributed by atoms with Crippen molar-refractivity contribution in [2.24, 2.45) is 0 Å². The van der Waals surface area contributed by atoms with Crippen LogP contribution in [0, 0.1) is 13.5 Å². The highest BCUT2D eigenvalue weighted by atomic mass is 16.5. The van der Waals surface area contributed by atoms with E-state index in [1.165, 1.54) is 13.4 Å². The minimum Gasteiger partial charge on any atom is -0.504 e. The topological polar surface area (TPSA) is 39.4 Å². The Kier molecular flexibility index (Phi) is 2.02. The first-order valence-electron chi connectivity index (χ1n) is 3.02. The summed E-state index contributed by atoms with van der Waals surface area (Å²) in [6, 6.07) is 0. The van der Waals surface area contributed by atoms with E-state index in [4.69, 9.17) is 11.3 Å². The van der Waals surface area contributed by atoms with Crippen LogP contribution in [0.4, 0.5) is 5.82 Å². The summed E-state index contributed by atoms with van der Waals surface area (Å²) in [6.07, 6.45) is 1.35. The van der Waals surface area contributed by atoms with Gasteiger partial charge in [0.1, 0.15) is 0 Å². The van der Waals surface area contributed by atoms with Gasteiger partial charge in [-0.25, -0.2) is 4.98 Å². The van der Waals surface area contributed by atoms with Crippen molar-refractivity contribution in [3.8, 4) is 5.75 Å². The predicted molar refractivity (Wildman–Crippen MR) is 39.6 cm³/mol. The number of aromatic nitrogens is 2. The Bertz CT molecular complexity index is 303. The van der Waals surface area contributed by atoms with Gasteiger partial charge in [-0.1, -0.05) is 6.57 Å². The lowest BCUT2D eigenvalue weighted by molar-refractivity contribution is 0.410. The zero-order chi connectivity index (χ0) is 8.27. The molecule has 0 unspecified atom stereocenters. The van der Waals surface area contributed by atoms with E-state index in [9.17, 15) is 0 Å². The Labute approximate surface area is 64.7 Å². The number of methoxy groups -OCH3 is 1. The molecule has 0 aliphatic heterocycles. The maximum absolute atomic E-state index is 6.74. The van der Waals surface area contributed by atoms with Crippen LogP contribution in [0.15, 0.2) is 6.33 Å². The molecule has 0 N–H and O–H groups in total. The maximum atomic E-state index is 6.74. The van der Waals surface area contributed by atoms with Crippen LogP contribution in [-0.4, -0.2) is 17.1 Å². The highest BCUT2D eigenvalue weighted by Crippen LogP contribution is 2.25. The van der Waals surface area contributed by atoms with Gasteiger partial charge in [0.25, 0.3) is 0 Å². The van der Waals surface area contributed by atoms with E-state index in [-0.39, 0.29) is 5.82 Å². The zero-order valence-corrected chi connectivity index (χ0v) is 6.33. The molecule has 0 saturated heterocycles. The third kappa shape index (κ3) is 1.27. The highest BCUT2D eigenvalue weighted by Gasteiger charge is 2.07. The van der Waals surface area contributed by atoms with Gasteiger partial charge in [0.05, 0.1) is 12.8 Å². The maximum Gasteiger partial charge on any atom is 0.315 e. The molecule has 0 saturated carbocycles. The molecule has 0 spiro atoms. The Hall–Kier alpha value is -1.63. The molecule has 0 atom stereocenters. The van der Waals surface area contributed by atoms with Crippen LogP contribution in [0.5, 0.6) is 5.75 Å². The van der Waals surface area contributed by atoms with Gasteiger partial charge in [0, 0.05) is 0 Å². The second-order valence-electron chi connectivity index (χ2n) is 1.93. The number of ether oxygens (including phenoxy) is 1. The monoisotopic (exact) mass is 149 g/mol. The summed E-state index contributed by atoms with van der Waals surface area (Å²) in [4.78, 5) is 10.8. The number of nitrogens with zero attached hydrogens (tertiary/aromatic N) is 3. The molecule has 0 amide bonds. The summed E-state index contributed by atoms with van der Waals surface area (Å²) in [5, 5.41) is 0. The van der Waals surface area contributed by atoms with Crippen molar-refractivity contribution >= 4 is 5.82 Å². The van der Waals surface area contributed by atoms with Gasteiger partial charge in [-0.15, -0.1) is 4.98 Å². The zero-order valence-electron chi connectivity index (χ0n) is 6.33. The average Bonchev–Trinajstić information content (AvgIpc) is 2.04. The van der Waals surface area contributed by atoms with Crippen LogP contribution in [0.1, 0.15) is 5.69 Å². The van der Waals surface area contributed by atoms with Crippen molar-refractivity contribution in [1.82, 2.24) is 9.97 Å². The summed E-state index contributed by atoms with van der Waals surface area (Å²) in [5.74, 6) is 0.725. The fourth-order valence-corrected chi connectivity index (χ4v) is 0.768. The molecular formula is C7H7N3O. The van der Waals surface area contributed by atoms with E-state index in [0.717, 1.165) is 0 Å². The van der Waals surface area contributed by atoms with E-state index in [0.29, 0.717) is 11.4 Å². The number of hydrogen-bond acceptors (Lipinski definition) is 3. The van der Waals surface area contributed by atoms with E-state index in [2.05, 4.69) is 14.8 Å². The first-order valence-corrected chi connectivity index (χ1v) is 3.02. The van der Waals surface area contributed by atoms with E-state index in [1.54, 1.807) is 6.92 Å². The quantitative estimate of drug-likeness (QED) is 0.565. The third-order valence-electron chi connectivity index (χ3n) is 1.27. The molecule has 0 bridgehead atoms. The van der Waals surface area contributed by atoms with Crippen molar-refractivity contribution in [1.29, 1.82) is 0 Å². The normalized spacial score (nSPS) is 8.82. The molecule has 0 radical (unpaired) electrons. The fraction of sp³-hybridized carbons (Fsp3) is 0.286. The lowest BCUT2D eigenvalue weighted by Crippen LogP contribution is -1.91. The van der Waals surface area contributed by atoms with Crippen molar-refractivity contribution in [3.05, 3.63) is 23.4 Å². The minimum atomic E-state index is 0.264. The van der Waals surface area contributed by atoms with Crippen LogP contribution in [0.2, 0.25) is 0 Å². The van der Waals surface area contributed by atoms with E-state index >= 15 is 0 Å². The molecule has 1 aromatic rings. The van der Waals surface area contributed by atoms with Crippen molar-refractivity contribution in [2.75, 3.05) is 7.11 Å².